The lowest BCUT2D eigenvalue weighted by Crippen LogP contribution is -2.32. The first-order valence-electron chi connectivity index (χ1n) is 8.53. The van der Waals surface area contributed by atoms with Gasteiger partial charge in [-0.3, -0.25) is 14.7 Å². The standard InChI is InChI=1S/C21H18ClN3O2/c1-13-5-8-15(9-6-13)25-20(19-16(21(25)26)4-3-11-23-19)24-17-12-14(22)7-10-18(17)27-2/h3-12,20,24H,1-2H3/t20-/m1/s1. The Hall–Kier alpha value is -3.05. The molecule has 1 amide bonds. The number of pyridine rings is 1. The molecule has 1 aliphatic heterocycles. The average Bonchev–Trinajstić information content (AvgIpc) is 2.95. The molecule has 0 spiro atoms. The van der Waals surface area contributed by atoms with Crippen LogP contribution in [-0.4, -0.2) is 18.0 Å². The molecule has 5 nitrogen and oxygen atoms in total. The molecule has 1 N–H and O–H groups in total. The third-order valence-electron chi connectivity index (χ3n) is 4.57. The number of fused-ring (bicyclic) bond motifs is 1. The molecule has 2 heterocycles. The van der Waals surface area contributed by atoms with E-state index in [0.29, 0.717) is 27.7 Å². The summed E-state index contributed by atoms with van der Waals surface area (Å²) in [5.74, 6) is 0.542. The van der Waals surface area contributed by atoms with Gasteiger partial charge in [0.25, 0.3) is 5.91 Å². The minimum absolute atomic E-state index is 0.0968. The van der Waals surface area contributed by atoms with Gasteiger partial charge >= 0.3 is 0 Å². The normalized spacial score (nSPS) is 15.6. The first-order valence-corrected chi connectivity index (χ1v) is 8.91. The number of carbonyl (C=O) groups excluding carboxylic acids is 1. The number of benzene rings is 2. The van der Waals surface area contributed by atoms with Crippen LogP contribution in [0.4, 0.5) is 11.4 Å². The maximum absolute atomic E-state index is 13.1. The number of aryl methyl sites for hydroxylation is 1. The van der Waals surface area contributed by atoms with E-state index in [1.807, 2.05) is 31.2 Å². The molecule has 0 bridgehead atoms. The molecule has 1 atom stereocenters. The topological polar surface area (TPSA) is 54.5 Å². The van der Waals surface area contributed by atoms with Gasteiger partial charge in [0, 0.05) is 16.9 Å². The second kappa shape index (κ2) is 6.93. The third-order valence-corrected chi connectivity index (χ3v) is 4.81. The van der Waals surface area contributed by atoms with Crippen LogP contribution in [0, 0.1) is 6.92 Å². The summed E-state index contributed by atoms with van der Waals surface area (Å²) >= 11 is 6.17. The van der Waals surface area contributed by atoms with Crippen molar-refractivity contribution in [3.8, 4) is 5.75 Å². The first kappa shape index (κ1) is 17.4. The monoisotopic (exact) mass is 379 g/mol. The van der Waals surface area contributed by atoms with Crippen LogP contribution in [0.15, 0.2) is 60.8 Å². The average molecular weight is 380 g/mol. The van der Waals surface area contributed by atoms with Crippen LogP contribution in [0.25, 0.3) is 0 Å². The molecule has 3 aromatic rings. The van der Waals surface area contributed by atoms with Crippen molar-refractivity contribution in [2.24, 2.45) is 0 Å². The minimum atomic E-state index is -0.469. The van der Waals surface area contributed by atoms with Gasteiger partial charge in [-0.1, -0.05) is 29.3 Å². The van der Waals surface area contributed by atoms with Crippen molar-refractivity contribution in [2.45, 2.75) is 13.1 Å². The number of ether oxygens (including phenoxy) is 1. The van der Waals surface area contributed by atoms with Crippen molar-refractivity contribution < 1.29 is 9.53 Å². The van der Waals surface area contributed by atoms with Crippen molar-refractivity contribution >= 4 is 28.9 Å². The zero-order valence-electron chi connectivity index (χ0n) is 14.9. The summed E-state index contributed by atoms with van der Waals surface area (Å²) in [6.45, 7) is 2.01. The second-order valence-electron chi connectivity index (χ2n) is 6.34. The van der Waals surface area contributed by atoms with Crippen molar-refractivity contribution in [1.82, 2.24) is 4.98 Å². The smallest absolute Gasteiger partial charge is 0.262 e. The van der Waals surface area contributed by atoms with E-state index >= 15 is 0 Å². The van der Waals surface area contributed by atoms with Crippen molar-refractivity contribution in [1.29, 1.82) is 0 Å². The SMILES string of the molecule is COc1ccc(Cl)cc1N[C@H]1c2ncccc2C(=O)N1c1ccc(C)cc1. The number of hydrogen-bond donors (Lipinski definition) is 1. The highest BCUT2D eigenvalue weighted by atomic mass is 35.5. The molecule has 0 saturated heterocycles. The number of methoxy groups -OCH3 is 1. The molecule has 0 unspecified atom stereocenters. The minimum Gasteiger partial charge on any atom is -0.495 e. The Balaban J connectivity index is 1.80. The van der Waals surface area contributed by atoms with Crippen LogP contribution in [0.5, 0.6) is 5.75 Å². The van der Waals surface area contributed by atoms with Crippen molar-refractivity contribution in [3.05, 3.63) is 82.6 Å². The maximum Gasteiger partial charge on any atom is 0.262 e. The zero-order valence-corrected chi connectivity index (χ0v) is 15.7. The molecule has 0 saturated carbocycles. The highest BCUT2D eigenvalue weighted by Crippen LogP contribution is 2.39. The van der Waals surface area contributed by atoms with Gasteiger partial charge in [0.15, 0.2) is 6.17 Å². The summed E-state index contributed by atoms with van der Waals surface area (Å²) in [5, 5.41) is 3.96. The molecule has 0 fully saturated rings. The van der Waals surface area contributed by atoms with E-state index in [2.05, 4.69) is 10.3 Å². The van der Waals surface area contributed by atoms with Crippen LogP contribution >= 0.6 is 11.6 Å². The number of hydrogen-bond acceptors (Lipinski definition) is 4. The number of rotatable bonds is 4. The molecular weight excluding hydrogens is 362 g/mol. The summed E-state index contributed by atoms with van der Waals surface area (Å²) in [7, 11) is 1.60. The number of carbonyl (C=O) groups is 1. The lowest BCUT2D eigenvalue weighted by atomic mass is 10.2. The Morgan fingerprint density at radius 3 is 2.67 bits per heavy atom. The van der Waals surface area contributed by atoms with Crippen LogP contribution in [0.3, 0.4) is 0 Å². The van der Waals surface area contributed by atoms with E-state index < -0.39 is 6.17 Å². The fraction of sp³-hybridized carbons (Fsp3) is 0.143. The highest BCUT2D eigenvalue weighted by molar-refractivity contribution is 6.31. The predicted molar refractivity (Wildman–Crippen MR) is 107 cm³/mol. The molecule has 136 valence electrons. The van der Waals surface area contributed by atoms with Crippen LogP contribution < -0.4 is 15.0 Å². The van der Waals surface area contributed by atoms with E-state index in [9.17, 15) is 4.79 Å². The molecule has 6 heteroatoms. The van der Waals surface area contributed by atoms with Crippen molar-refractivity contribution in [3.63, 3.8) is 0 Å². The third kappa shape index (κ3) is 3.11. The lowest BCUT2D eigenvalue weighted by molar-refractivity contribution is 0.0993. The largest absolute Gasteiger partial charge is 0.495 e. The maximum atomic E-state index is 13.1. The number of halogens is 1. The molecule has 0 aliphatic carbocycles. The number of amides is 1. The van der Waals surface area contributed by atoms with E-state index in [-0.39, 0.29) is 5.91 Å². The van der Waals surface area contributed by atoms with Gasteiger partial charge < -0.3 is 10.1 Å². The molecule has 4 rings (SSSR count). The highest BCUT2D eigenvalue weighted by Gasteiger charge is 2.39. The summed E-state index contributed by atoms with van der Waals surface area (Å²) in [4.78, 5) is 19.3. The van der Waals surface area contributed by atoms with Crippen LogP contribution in [0.2, 0.25) is 5.02 Å². The zero-order chi connectivity index (χ0) is 19.0. The van der Waals surface area contributed by atoms with Gasteiger partial charge in [-0.2, -0.15) is 0 Å². The Bertz CT molecular complexity index is 1000. The molecule has 0 radical (unpaired) electrons. The van der Waals surface area contributed by atoms with Crippen molar-refractivity contribution in [2.75, 3.05) is 17.3 Å². The Kier molecular flexibility index (Phi) is 4.46. The fourth-order valence-electron chi connectivity index (χ4n) is 3.23. The summed E-state index contributed by atoms with van der Waals surface area (Å²) < 4.78 is 5.44. The Morgan fingerprint density at radius 2 is 1.93 bits per heavy atom. The Labute approximate surface area is 162 Å². The van der Waals surface area contributed by atoms with Gasteiger partial charge in [0.1, 0.15) is 5.75 Å². The molecular formula is C21H18ClN3O2. The number of nitrogens with zero attached hydrogens (tertiary/aromatic N) is 2. The van der Waals surface area contributed by atoms with E-state index in [4.69, 9.17) is 16.3 Å². The van der Waals surface area contributed by atoms with Crippen LogP contribution in [-0.2, 0) is 0 Å². The molecule has 1 aromatic heterocycles. The van der Waals surface area contributed by atoms with Crippen LogP contribution in [0.1, 0.15) is 27.8 Å². The number of nitrogens with one attached hydrogen (secondary N) is 1. The summed E-state index contributed by atoms with van der Waals surface area (Å²) in [6, 6.07) is 16.7. The van der Waals surface area contributed by atoms with E-state index in [0.717, 1.165) is 11.3 Å². The number of aromatic nitrogens is 1. The van der Waals surface area contributed by atoms with Gasteiger partial charge in [-0.25, -0.2) is 0 Å². The quantitative estimate of drug-likeness (QED) is 0.705. The van der Waals surface area contributed by atoms with Gasteiger partial charge in [-0.05, 0) is 49.4 Å². The molecule has 1 aliphatic rings. The summed E-state index contributed by atoms with van der Waals surface area (Å²) in [5.41, 5.74) is 3.87. The second-order valence-corrected chi connectivity index (χ2v) is 6.77. The first-order chi connectivity index (χ1) is 13.1. The fourth-order valence-corrected chi connectivity index (χ4v) is 3.40. The predicted octanol–water partition coefficient (Wildman–Crippen LogP) is 4.82. The van der Waals surface area contributed by atoms with Gasteiger partial charge in [-0.15, -0.1) is 0 Å². The van der Waals surface area contributed by atoms with E-state index in [1.54, 1.807) is 48.5 Å². The van der Waals surface area contributed by atoms with Gasteiger partial charge in [0.2, 0.25) is 0 Å². The van der Waals surface area contributed by atoms with Gasteiger partial charge in [0.05, 0.1) is 24.1 Å². The Morgan fingerprint density at radius 1 is 1.15 bits per heavy atom. The molecule has 27 heavy (non-hydrogen) atoms. The number of anilines is 2. The van der Waals surface area contributed by atoms with E-state index in [1.165, 1.54) is 0 Å². The lowest BCUT2D eigenvalue weighted by Gasteiger charge is -2.27. The molecule has 2 aromatic carbocycles. The summed E-state index contributed by atoms with van der Waals surface area (Å²) in [6.07, 6.45) is 1.22.